The number of fused-ring (bicyclic) bond motifs is 2. The fourth-order valence-corrected chi connectivity index (χ4v) is 8.70. The summed E-state index contributed by atoms with van der Waals surface area (Å²) in [5.74, 6) is -0.506. The van der Waals surface area contributed by atoms with Gasteiger partial charge in [-0.25, -0.2) is 0 Å². The van der Waals surface area contributed by atoms with E-state index in [1.165, 1.54) is 6.92 Å². The summed E-state index contributed by atoms with van der Waals surface area (Å²) in [7, 11) is 1.68. The fourth-order valence-electron chi connectivity index (χ4n) is 8.70. The van der Waals surface area contributed by atoms with Gasteiger partial charge in [0.2, 0.25) is 0 Å². The van der Waals surface area contributed by atoms with E-state index in [9.17, 15) is 15.0 Å². The Balaban J connectivity index is 1.75. The van der Waals surface area contributed by atoms with Crippen molar-refractivity contribution in [3.8, 4) is 0 Å². The Hall–Kier alpha value is -0.950. The maximum atomic E-state index is 12.1. The van der Waals surface area contributed by atoms with Gasteiger partial charge in [-0.3, -0.25) is 4.79 Å². The van der Waals surface area contributed by atoms with Gasteiger partial charge in [0.15, 0.2) is 6.29 Å². The van der Waals surface area contributed by atoms with E-state index < -0.39 is 29.3 Å². The molecule has 2 aliphatic heterocycles. The van der Waals surface area contributed by atoms with Crippen LogP contribution in [0.5, 0.6) is 0 Å². The number of esters is 1. The van der Waals surface area contributed by atoms with Crippen molar-refractivity contribution in [1.29, 1.82) is 0 Å². The lowest BCUT2D eigenvalue weighted by Crippen LogP contribution is -2.79. The van der Waals surface area contributed by atoms with E-state index in [1.54, 1.807) is 7.11 Å². The zero-order valence-corrected chi connectivity index (χ0v) is 17.9. The van der Waals surface area contributed by atoms with Gasteiger partial charge in [0, 0.05) is 31.3 Å². The number of rotatable bonds is 2. The SMILES string of the molecule is C=C1[C@@H](O)[C@]23[C@H](O)[C@H]1C[C@H](OC(C)=O)[C@H]2[C@]12CCCC(C)(C)[C@H]1C[C@H]3O[C@@H]2OC. The summed E-state index contributed by atoms with van der Waals surface area (Å²) in [5.41, 5.74) is -0.561. The van der Waals surface area contributed by atoms with Crippen LogP contribution in [-0.2, 0) is 19.0 Å². The van der Waals surface area contributed by atoms with Crippen LogP contribution in [0.2, 0.25) is 0 Å². The summed E-state index contributed by atoms with van der Waals surface area (Å²) in [6.07, 6.45) is 1.55. The van der Waals surface area contributed by atoms with Crippen molar-refractivity contribution in [1.82, 2.24) is 0 Å². The van der Waals surface area contributed by atoms with Gasteiger partial charge in [-0.1, -0.05) is 26.8 Å². The number of hydrogen-bond donors (Lipinski definition) is 2. The summed E-state index contributed by atoms with van der Waals surface area (Å²) in [6.45, 7) is 10.2. The molecule has 0 amide bonds. The normalized spacial score (nSPS) is 54.6. The van der Waals surface area contributed by atoms with Crippen molar-refractivity contribution in [2.24, 2.45) is 34.0 Å². The Morgan fingerprint density at radius 3 is 2.62 bits per heavy atom. The average Bonchev–Trinajstić information content (AvgIpc) is 2.77. The molecule has 0 aromatic carbocycles. The second-order valence-electron chi connectivity index (χ2n) is 10.8. The van der Waals surface area contributed by atoms with Gasteiger partial charge in [-0.05, 0) is 42.6 Å². The monoisotopic (exact) mass is 406 g/mol. The van der Waals surface area contributed by atoms with Crippen LogP contribution in [0.25, 0.3) is 0 Å². The molecular weight excluding hydrogens is 372 g/mol. The van der Waals surface area contributed by atoms with E-state index in [1.807, 2.05) is 0 Å². The quantitative estimate of drug-likeness (QED) is 0.541. The predicted molar refractivity (Wildman–Crippen MR) is 105 cm³/mol. The molecule has 4 aliphatic carbocycles. The van der Waals surface area contributed by atoms with Gasteiger partial charge in [-0.2, -0.15) is 0 Å². The van der Waals surface area contributed by atoms with Gasteiger partial charge in [-0.15, -0.1) is 0 Å². The molecule has 0 unspecified atom stereocenters. The first-order valence-electron chi connectivity index (χ1n) is 11.0. The molecule has 29 heavy (non-hydrogen) atoms. The van der Waals surface area contributed by atoms with Crippen LogP contribution < -0.4 is 0 Å². The molecule has 2 heterocycles. The first kappa shape index (κ1) is 20.0. The molecule has 162 valence electrons. The summed E-state index contributed by atoms with van der Waals surface area (Å²) in [4.78, 5) is 12.1. The molecule has 0 aromatic heterocycles. The number of aliphatic hydroxyl groups is 2. The third kappa shape index (κ3) is 2.14. The van der Waals surface area contributed by atoms with Crippen LogP contribution in [0.1, 0.15) is 52.9 Å². The standard InChI is InChI=1S/C23H34O6/c1-11-13-9-14(28-12(2)24)17-22-8-6-7-21(3,4)15(22)10-16(29-20(22)27-5)23(17,18(11)25)19(13)26/h13-20,25-26H,1,6-10H2,2-5H3/t13-,14-,15+,16+,17-,18+,19+,20-,22-,23+/m0/s1. The number of carbonyl (C=O) groups is 1. The summed E-state index contributed by atoms with van der Waals surface area (Å²) < 4.78 is 18.4. The van der Waals surface area contributed by atoms with E-state index in [0.29, 0.717) is 17.9 Å². The maximum absolute atomic E-state index is 12.1. The lowest BCUT2D eigenvalue weighted by molar-refractivity contribution is -0.414. The minimum absolute atomic E-state index is 0.0851. The van der Waals surface area contributed by atoms with Gasteiger partial charge in [0.25, 0.3) is 0 Å². The topological polar surface area (TPSA) is 85.2 Å². The molecule has 0 radical (unpaired) electrons. The van der Waals surface area contributed by atoms with Crippen molar-refractivity contribution in [3.05, 3.63) is 12.2 Å². The average molecular weight is 407 g/mol. The van der Waals surface area contributed by atoms with Crippen LogP contribution in [0.15, 0.2) is 12.2 Å². The Morgan fingerprint density at radius 2 is 1.97 bits per heavy atom. The molecule has 6 fully saturated rings. The van der Waals surface area contributed by atoms with Crippen LogP contribution in [0.4, 0.5) is 0 Å². The second-order valence-corrected chi connectivity index (χ2v) is 10.8. The van der Waals surface area contributed by atoms with Crippen molar-refractivity contribution >= 4 is 5.97 Å². The van der Waals surface area contributed by atoms with Crippen molar-refractivity contribution in [3.63, 3.8) is 0 Å². The molecule has 6 aliphatic rings. The highest BCUT2D eigenvalue weighted by Crippen LogP contribution is 2.76. The molecule has 0 aromatic rings. The molecular formula is C23H34O6. The lowest BCUT2D eigenvalue weighted by atomic mass is 9.37. The van der Waals surface area contributed by atoms with E-state index in [2.05, 4.69) is 20.4 Å². The van der Waals surface area contributed by atoms with Gasteiger partial charge < -0.3 is 24.4 Å². The van der Waals surface area contributed by atoms with E-state index in [-0.39, 0.29) is 35.4 Å². The minimum atomic E-state index is -0.890. The molecule has 10 atom stereocenters. The molecule has 6 nitrogen and oxygen atoms in total. The van der Waals surface area contributed by atoms with E-state index in [4.69, 9.17) is 14.2 Å². The minimum Gasteiger partial charge on any atom is -0.462 e. The molecule has 2 N–H and O–H groups in total. The van der Waals surface area contributed by atoms with Gasteiger partial charge >= 0.3 is 5.97 Å². The molecule has 6 heteroatoms. The maximum Gasteiger partial charge on any atom is 0.302 e. The number of aliphatic hydroxyl groups excluding tert-OH is 2. The number of hydrogen-bond acceptors (Lipinski definition) is 6. The van der Waals surface area contributed by atoms with Crippen LogP contribution in [0, 0.1) is 34.0 Å². The highest BCUT2D eigenvalue weighted by Gasteiger charge is 2.82. The smallest absolute Gasteiger partial charge is 0.302 e. The number of ether oxygens (including phenoxy) is 3. The fraction of sp³-hybridized carbons (Fsp3) is 0.870. The Morgan fingerprint density at radius 1 is 1.24 bits per heavy atom. The van der Waals surface area contributed by atoms with Crippen LogP contribution >= 0.6 is 0 Å². The summed E-state index contributed by atoms with van der Waals surface area (Å²) in [6, 6.07) is 0. The zero-order chi connectivity index (χ0) is 20.9. The molecule has 2 saturated heterocycles. The van der Waals surface area contributed by atoms with Crippen molar-refractivity contribution in [2.45, 2.75) is 83.6 Å². The zero-order valence-electron chi connectivity index (χ0n) is 17.9. The van der Waals surface area contributed by atoms with Gasteiger partial charge in [0.1, 0.15) is 6.10 Å². The Labute approximate surface area is 172 Å². The van der Waals surface area contributed by atoms with Crippen LogP contribution in [-0.4, -0.2) is 54.0 Å². The van der Waals surface area contributed by atoms with Gasteiger partial charge in [0.05, 0.1) is 23.7 Å². The molecule has 4 saturated carbocycles. The van der Waals surface area contributed by atoms with Crippen molar-refractivity contribution < 1.29 is 29.2 Å². The third-order valence-corrected chi connectivity index (χ3v) is 9.46. The number of methoxy groups -OCH3 is 1. The lowest BCUT2D eigenvalue weighted by Gasteiger charge is -2.73. The molecule has 6 rings (SSSR count). The first-order valence-corrected chi connectivity index (χ1v) is 11.0. The largest absolute Gasteiger partial charge is 0.462 e. The summed E-state index contributed by atoms with van der Waals surface area (Å²) >= 11 is 0. The molecule has 2 spiro atoms. The van der Waals surface area contributed by atoms with E-state index >= 15 is 0 Å². The highest BCUT2D eigenvalue weighted by molar-refractivity contribution is 5.66. The van der Waals surface area contributed by atoms with Crippen molar-refractivity contribution in [2.75, 3.05) is 7.11 Å². The summed E-state index contributed by atoms with van der Waals surface area (Å²) in [5, 5.41) is 23.0. The highest BCUT2D eigenvalue weighted by atomic mass is 16.7. The third-order valence-electron chi connectivity index (χ3n) is 9.46. The van der Waals surface area contributed by atoms with Crippen LogP contribution in [0.3, 0.4) is 0 Å². The first-order chi connectivity index (χ1) is 13.6. The molecule has 4 bridgehead atoms. The Kier molecular flexibility index (Phi) is 4.17. The van der Waals surface area contributed by atoms with E-state index in [0.717, 1.165) is 25.7 Å². The predicted octanol–water partition coefficient (Wildman–Crippen LogP) is 2.42. The second kappa shape index (κ2) is 6.06. The number of carbonyl (C=O) groups excluding carboxylic acids is 1. The Bertz CT molecular complexity index is 748.